The van der Waals surface area contributed by atoms with Crippen molar-refractivity contribution in [3.63, 3.8) is 0 Å². The SMILES string of the molecule is CC(C)C1=C(CP(=O)(c2ccccc2)c2ccccc2)C(c2ccc(I)cc2)=C[I-]C(N(C)S(C)(=O)=O)=N1. The molecule has 200 valence electrons. The van der Waals surface area contributed by atoms with Gasteiger partial charge >= 0.3 is 252 Å². The van der Waals surface area contributed by atoms with Gasteiger partial charge in [-0.05, 0) is 0 Å². The second-order valence-electron chi connectivity index (χ2n) is 9.34. The second kappa shape index (κ2) is 12.2. The van der Waals surface area contributed by atoms with E-state index in [0.717, 1.165) is 36.6 Å². The fraction of sp³-hybridized carbons (Fsp3) is 0.207. The van der Waals surface area contributed by atoms with Crippen LogP contribution in [0.3, 0.4) is 0 Å². The molecule has 5 nitrogen and oxygen atoms in total. The van der Waals surface area contributed by atoms with Gasteiger partial charge in [0.05, 0.1) is 0 Å². The van der Waals surface area contributed by atoms with E-state index in [9.17, 15) is 8.42 Å². The van der Waals surface area contributed by atoms with Crippen LogP contribution in [-0.2, 0) is 14.6 Å². The Morgan fingerprint density at radius 3 is 1.92 bits per heavy atom. The molecule has 0 bridgehead atoms. The number of rotatable bonds is 7. The van der Waals surface area contributed by atoms with Crippen molar-refractivity contribution in [3.05, 3.63) is 109 Å². The van der Waals surface area contributed by atoms with Gasteiger partial charge in [0.25, 0.3) is 0 Å². The van der Waals surface area contributed by atoms with E-state index in [4.69, 9.17) is 4.99 Å². The number of nitrogens with zero attached hydrogens (tertiary/aromatic N) is 2. The molecule has 1 aliphatic heterocycles. The van der Waals surface area contributed by atoms with Crippen molar-refractivity contribution < 1.29 is 34.2 Å². The summed E-state index contributed by atoms with van der Waals surface area (Å²) in [4.78, 5) is 5.00. The topological polar surface area (TPSA) is 66.8 Å². The minimum atomic E-state index is -3.47. The van der Waals surface area contributed by atoms with E-state index in [1.807, 2.05) is 60.7 Å². The van der Waals surface area contributed by atoms with Crippen LogP contribution in [0.25, 0.3) is 5.57 Å². The zero-order valence-electron chi connectivity index (χ0n) is 21.7. The summed E-state index contributed by atoms with van der Waals surface area (Å²) in [5, 5.41) is 1.58. The predicted molar refractivity (Wildman–Crippen MR) is 164 cm³/mol. The summed E-state index contributed by atoms with van der Waals surface area (Å²) >= 11 is 1.40. The number of benzene rings is 3. The number of hydrogen-bond donors (Lipinski definition) is 0. The van der Waals surface area contributed by atoms with Crippen molar-refractivity contribution in [2.45, 2.75) is 13.8 Å². The zero-order chi connectivity index (χ0) is 27.5. The Bertz CT molecular complexity index is 1510. The molecule has 0 fully saturated rings. The molecule has 0 radical (unpaired) electrons. The molecule has 3 aromatic carbocycles. The van der Waals surface area contributed by atoms with Crippen LogP contribution >= 0.6 is 29.7 Å². The van der Waals surface area contributed by atoms with Crippen LogP contribution in [0.5, 0.6) is 0 Å². The average Bonchev–Trinajstić information content (AvgIpc) is 3.09. The van der Waals surface area contributed by atoms with E-state index in [2.05, 4.69) is 64.8 Å². The van der Waals surface area contributed by atoms with Gasteiger partial charge < -0.3 is 0 Å². The fourth-order valence-electron chi connectivity index (χ4n) is 4.18. The first-order valence-corrected chi connectivity index (χ1v) is 19.2. The van der Waals surface area contributed by atoms with Gasteiger partial charge in [-0.15, -0.1) is 0 Å². The Morgan fingerprint density at radius 1 is 0.921 bits per heavy atom. The first kappa shape index (κ1) is 29.2. The summed E-state index contributed by atoms with van der Waals surface area (Å²) in [6.45, 7) is 4.12. The van der Waals surface area contributed by atoms with E-state index in [1.165, 1.54) is 10.6 Å². The molecule has 1 heterocycles. The molecule has 1 aliphatic rings. The Morgan fingerprint density at radius 2 is 1.45 bits per heavy atom. The molecule has 38 heavy (non-hydrogen) atoms. The maximum absolute atomic E-state index is 15.2. The summed E-state index contributed by atoms with van der Waals surface area (Å²) in [5.41, 5.74) is 3.70. The summed E-state index contributed by atoms with van der Waals surface area (Å²) in [6.07, 6.45) is 1.49. The number of aliphatic imine (C=N–C) groups is 1. The molecule has 0 spiro atoms. The summed E-state index contributed by atoms with van der Waals surface area (Å²) in [5.74, 6) is -0.0117. The van der Waals surface area contributed by atoms with Crippen LogP contribution in [0.1, 0.15) is 19.4 Å². The number of amidine groups is 1. The molecule has 0 N–H and O–H groups in total. The van der Waals surface area contributed by atoms with E-state index in [1.54, 1.807) is 7.05 Å². The molecule has 0 saturated heterocycles. The molecule has 0 atom stereocenters. The van der Waals surface area contributed by atoms with Gasteiger partial charge in [-0.3, -0.25) is 0 Å². The van der Waals surface area contributed by atoms with Gasteiger partial charge in [-0.2, -0.15) is 0 Å². The zero-order valence-corrected chi connectivity index (χ0v) is 27.7. The van der Waals surface area contributed by atoms with Crippen LogP contribution in [0.2, 0.25) is 0 Å². The molecule has 0 aromatic heterocycles. The quantitative estimate of drug-likeness (QED) is 0.211. The molecular weight excluding hydrogens is 741 g/mol. The predicted octanol–water partition coefficient (Wildman–Crippen LogP) is 2.91. The molecule has 4 rings (SSSR count). The van der Waals surface area contributed by atoms with Gasteiger partial charge in [0.15, 0.2) is 0 Å². The van der Waals surface area contributed by atoms with Crippen LogP contribution in [-0.4, -0.2) is 36.0 Å². The molecule has 9 heteroatoms. The third-order valence-electron chi connectivity index (χ3n) is 6.30. The standard InChI is InChI=1S/C29H30I2N2O3PS/c1-21(2)28-27(20-37(34,24-11-7-5-8-12-24)25-13-9-6-10-14-25)26(22-15-17-23(30)18-16-22)19-31-29(32-28)33(3)38(4,35)36/h5-19,21H,20H2,1-4H3/q-1. The van der Waals surface area contributed by atoms with Gasteiger partial charge in [0.2, 0.25) is 0 Å². The minimum absolute atomic E-state index is 0.0117. The van der Waals surface area contributed by atoms with Crippen LogP contribution in [0, 0.1) is 9.49 Å². The number of sulfonamides is 1. The maximum atomic E-state index is 15.2. The number of hydrogen-bond acceptors (Lipinski definition) is 4. The summed E-state index contributed by atoms with van der Waals surface area (Å²) < 4.78 is 45.2. The summed E-state index contributed by atoms with van der Waals surface area (Å²) in [6, 6.07) is 27.6. The van der Waals surface area contributed by atoms with Crippen molar-refractivity contribution in [2.75, 3.05) is 19.5 Å². The molecular formula is C29H30I2N2O3PS-. The van der Waals surface area contributed by atoms with Gasteiger partial charge in [0.1, 0.15) is 0 Å². The van der Waals surface area contributed by atoms with E-state index in [-0.39, 0.29) is 12.1 Å². The first-order valence-electron chi connectivity index (χ1n) is 12.1. The van der Waals surface area contributed by atoms with Crippen molar-refractivity contribution in [1.82, 2.24) is 4.31 Å². The third kappa shape index (κ3) is 6.51. The molecule has 0 aliphatic carbocycles. The van der Waals surface area contributed by atoms with Gasteiger partial charge in [0, 0.05) is 0 Å². The summed E-state index contributed by atoms with van der Waals surface area (Å²) in [7, 11) is -5.03. The Labute approximate surface area is 250 Å². The van der Waals surface area contributed by atoms with Crippen LogP contribution in [0.4, 0.5) is 0 Å². The normalized spacial score (nSPS) is 14.9. The van der Waals surface area contributed by atoms with Crippen LogP contribution in [0.15, 0.2) is 105 Å². The number of allylic oxidation sites excluding steroid dienone is 3. The molecule has 0 unspecified atom stereocenters. The number of halogens is 2. The van der Waals surface area contributed by atoms with E-state index in [0.29, 0.717) is 3.84 Å². The van der Waals surface area contributed by atoms with E-state index < -0.39 is 38.4 Å². The van der Waals surface area contributed by atoms with Gasteiger partial charge in [-0.1, -0.05) is 0 Å². The fourth-order valence-corrected chi connectivity index (χ4v) is 11.1. The Kier molecular flexibility index (Phi) is 9.38. The molecule has 0 amide bonds. The molecule has 3 aromatic rings. The van der Waals surface area contributed by atoms with E-state index >= 15 is 4.57 Å². The van der Waals surface area contributed by atoms with Gasteiger partial charge in [-0.25, -0.2) is 0 Å². The Hall–Kier alpha value is -1.75. The van der Waals surface area contributed by atoms with Crippen molar-refractivity contribution >= 4 is 59.8 Å². The molecule has 0 saturated carbocycles. The van der Waals surface area contributed by atoms with Crippen molar-refractivity contribution in [2.24, 2.45) is 10.9 Å². The monoisotopic (exact) mass is 771 g/mol. The third-order valence-corrected chi connectivity index (χ3v) is 14.0. The average molecular weight is 771 g/mol. The van der Waals surface area contributed by atoms with Crippen molar-refractivity contribution in [3.8, 4) is 0 Å². The Balaban J connectivity index is 2.00. The van der Waals surface area contributed by atoms with Crippen LogP contribution < -0.4 is 31.8 Å². The second-order valence-corrected chi connectivity index (χ2v) is 17.6. The first-order chi connectivity index (χ1) is 18.0. The van der Waals surface area contributed by atoms with Crippen molar-refractivity contribution in [1.29, 1.82) is 0 Å².